The molecule has 5 heteroatoms. The van der Waals surface area contributed by atoms with E-state index in [1.165, 1.54) is 0 Å². The van der Waals surface area contributed by atoms with Crippen LogP contribution in [0.1, 0.15) is 11.1 Å². The largest absolute Gasteiger partial charge is 0.491 e. The molecule has 0 fully saturated rings. The summed E-state index contributed by atoms with van der Waals surface area (Å²) in [6.45, 7) is 4.37. The summed E-state index contributed by atoms with van der Waals surface area (Å²) in [5.74, 6) is 0.936. The van der Waals surface area contributed by atoms with Gasteiger partial charge in [-0.3, -0.25) is 0 Å². The topological polar surface area (TPSA) is 27.7 Å². The average molecular weight is 382 g/mol. The zero-order valence-corrected chi connectivity index (χ0v) is 13.8. The van der Waals surface area contributed by atoms with Crippen LogP contribution in [0.3, 0.4) is 0 Å². The summed E-state index contributed by atoms with van der Waals surface area (Å²) in [6.07, 6.45) is 0. The number of hydrogen-bond donors (Lipinski definition) is 0. The van der Waals surface area contributed by atoms with Gasteiger partial charge in [0, 0.05) is 22.5 Å². The van der Waals surface area contributed by atoms with Gasteiger partial charge in [-0.25, -0.2) is 0 Å². The predicted octanol–water partition coefficient (Wildman–Crippen LogP) is 3.69. The molecule has 1 aromatic rings. The Morgan fingerprint density at radius 3 is 2.50 bits per heavy atom. The molecule has 0 aliphatic rings. The zero-order chi connectivity index (χ0) is 13.4. The van der Waals surface area contributed by atoms with Crippen molar-refractivity contribution in [2.24, 2.45) is 0 Å². The molecule has 102 valence electrons. The number of benzene rings is 1. The van der Waals surface area contributed by atoms with Gasteiger partial charge < -0.3 is 14.2 Å². The number of ether oxygens (including phenoxy) is 3. The van der Waals surface area contributed by atoms with Gasteiger partial charge in [-0.05, 0) is 24.6 Å². The minimum absolute atomic E-state index is 0.548. The van der Waals surface area contributed by atoms with Crippen LogP contribution in [0.4, 0.5) is 0 Å². The first-order valence-electron chi connectivity index (χ1n) is 5.73. The maximum Gasteiger partial charge on any atom is 0.126 e. The van der Waals surface area contributed by atoms with Crippen LogP contribution in [0.25, 0.3) is 0 Å². The monoisotopic (exact) mass is 380 g/mol. The summed E-state index contributed by atoms with van der Waals surface area (Å²) < 4.78 is 17.1. The summed E-state index contributed by atoms with van der Waals surface area (Å²) in [4.78, 5) is 0. The van der Waals surface area contributed by atoms with E-state index in [2.05, 4.69) is 37.9 Å². The van der Waals surface area contributed by atoms with E-state index in [0.717, 1.165) is 26.7 Å². The highest BCUT2D eigenvalue weighted by Crippen LogP contribution is 2.29. The fourth-order valence-electron chi connectivity index (χ4n) is 1.55. The van der Waals surface area contributed by atoms with Crippen molar-refractivity contribution in [3.05, 3.63) is 27.7 Å². The first-order chi connectivity index (χ1) is 8.69. The Labute approximate surface area is 125 Å². The van der Waals surface area contributed by atoms with Crippen molar-refractivity contribution in [3.63, 3.8) is 0 Å². The molecule has 0 radical (unpaired) electrons. The van der Waals surface area contributed by atoms with Crippen LogP contribution in [0.15, 0.2) is 16.6 Å². The van der Waals surface area contributed by atoms with E-state index in [1.807, 2.05) is 13.0 Å². The fourth-order valence-corrected chi connectivity index (χ4v) is 2.59. The maximum atomic E-state index is 5.78. The van der Waals surface area contributed by atoms with Crippen LogP contribution in [-0.4, -0.2) is 33.5 Å². The fraction of sp³-hybridized carbons (Fsp3) is 0.538. The Bertz CT molecular complexity index is 369. The van der Waals surface area contributed by atoms with E-state index >= 15 is 0 Å². The van der Waals surface area contributed by atoms with Gasteiger partial charge in [0.15, 0.2) is 0 Å². The molecule has 0 heterocycles. The molecule has 0 atom stereocenters. The molecule has 0 aliphatic carbocycles. The Morgan fingerprint density at radius 1 is 1.11 bits per heavy atom. The molecule has 0 bridgehead atoms. The van der Waals surface area contributed by atoms with E-state index in [1.54, 1.807) is 7.11 Å². The highest BCUT2D eigenvalue weighted by molar-refractivity contribution is 9.10. The minimum atomic E-state index is 0.548. The normalized spacial score (nSPS) is 10.7. The van der Waals surface area contributed by atoms with Crippen molar-refractivity contribution in [2.45, 2.75) is 12.3 Å². The summed E-state index contributed by atoms with van der Waals surface area (Å²) in [6, 6.07) is 4.11. The third-order valence-electron chi connectivity index (χ3n) is 2.37. The lowest BCUT2D eigenvalue weighted by molar-refractivity contribution is 0.0542. The number of hydrogen-bond acceptors (Lipinski definition) is 3. The quantitative estimate of drug-likeness (QED) is 0.507. The lowest BCUT2D eigenvalue weighted by atomic mass is 10.1. The van der Waals surface area contributed by atoms with Crippen molar-refractivity contribution in [3.8, 4) is 5.75 Å². The van der Waals surface area contributed by atoms with Crippen molar-refractivity contribution in [1.29, 1.82) is 0 Å². The van der Waals surface area contributed by atoms with E-state index in [0.29, 0.717) is 26.4 Å². The second-order valence-corrected chi connectivity index (χ2v) is 5.27. The van der Waals surface area contributed by atoms with Gasteiger partial charge in [0.05, 0.1) is 19.8 Å². The van der Waals surface area contributed by atoms with Crippen LogP contribution >= 0.6 is 31.9 Å². The van der Waals surface area contributed by atoms with E-state index in [9.17, 15) is 0 Å². The second kappa shape index (κ2) is 8.91. The Morgan fingerprint density at radius 2 is 1.83 bits per heavy atom. The highest BCUT2D eigenvalue weighted by atomic mass is 79.9. The van der Waals surface area contributed by atoms with Gasteiger partial charge in [-0.15, -0.1) is 0 Å². The molecule has 0 aliphatic heterocycles. The minimum Gasteiger partial charge on any atom is -0.491 e. The van der Waals surface area contributed by atoms with Crippen LogP contribution in [0.2, 0.25) is 0 Å². The molecular formula is C13H18Br2O3. The molecule has 0 amide bonds. The molecule has 3 nitrogen and oxygen atoms in total. The standard InChI is InChI=1S/C13H18Br2O3/c1-10-7-12(15)8-11(9-14)13(10)18-6-5-17-4-3-16-2/h7-8H,3-6,9H2,1-2H3. The smallest absolute Gasteiger partial charge is 0.126 e. The SMILES string of the molecule is COCCOCCOc1c(C)cc(Br)cc1CBr. The Balaban J connectivity index is 2.46. The first kappa shape index (κ1) is 16.0. The average Bonchev–Trinajstić information content (AvgIpc) is 2.35. The molecular weight excluding hydrogens is 364 g/mol. The van der Waals surface area contributed by atoms with Gasteiger partial charge in [0.2, 0.25) is 0 Å². The second-order valence-electron chi connectivity index (χ2n) is 3.80. The van der Waals surface area contributed by atoms with Gasteiger partial charge >= 0.3 is 0 Å². The van der Waals surface area contributed by atoms with Gasteiger partial charge in [-0.2, -0.15) is 0 Å². The van der Waals surface area contributed by atoms with Crippen molar-refractivity contribution in [2.75, 3.05) is 33.5 Å². The summed E-state index contributed by atoms with van der Waals surface area (Å²) in [7, 11) is 1.66. The van der Waals surface area contributed by atoms with E-state index < -0.39 is 0 Å². The van der Waals surface area contributed by atoms with Gasteiger partial charge in [-0.1, -0.05) is 31.9 Å². The number of alkyl halides is 1. The third kappa shape index (κ3) is 5.26. The molecule has 0 aromatic heterocycles. The molecule has 0 saturated carbocycles. The van der Waals surface area contributed by atoms with Crippen LogP contribution in [0.5, 0.6) is 5.75 Å². The zero-order valence-electron chi connectivity index (χ0n) is 10.7. The summed E-state index contributed by atoms with van der Waals surface area (Å²) in [5.41, 5.74) is 2.26. The van der Waals surface area contributed by atoms with E-state index in [-0.39, 0.29) is 0 Å². The molecule has 0 spiro atoms. The summed E-state index contributed by atoms with van der Waals surface area (Å²) >= 11 is 6.95. The molecule has 1 aromatic carbocycles. The molecule has 0 saturated heterocycles. The lowest BCUT2D eigenvalue weighted by Crippen LogP contribution is -2.11. The third-order valence-corrected chi connectivity index (χ3v) is 3.43. The number of halogens is 2. The highest BCUT2D eigenvalue weighted by Gasteiger charge is 2.08. The van der Waals surface area contributed by atoms with Crippen LogP contribution in [0, 0.1) is 6.92 Å². The molecule has 0 unspecified atom stereocenters. The predicted molar refractivity (Wildman–Crippen MR) is 79.7 cm³/mol. The summed E-state index contributed by atoms with van der Waals surface area (Å²) in [5, 5.41) is 0.771. The Hall–Kier alpha value is -0.100. The lowest BCUT2D eigenvalue weighted by Gasteiger charge is -2.13. The maximum absolute atomic E-state index is 5.78. The first-order valence-corrected chi connectivity index (χ1v) is 7.65. The molecule has 18 heavy (non-hydrogen) atoms. The number of aryl methyl sites for hydroxylation is 1. The van der Waals surface area contributed by atoms with Crippen molar-refractivity contribution in [1.82, 2.24) is 0 Å². The molecule has 0 N–H and O–H groups in total. The molecule has 1 rings (SSSR count). The van der Waals surface area contributed by atoms with Gasteiger partial charge in [0.1, 0.15) is 12.4 Å². The van der Waals surface area contributed by atoms with Gasteiger partial charge in [0.25, 0.3) is 0 Å². The Kier molecular flexibility index (Phi) is 7.90. The van der Waals surface area contributed by atoms with E-state index in [4.69, 9.17) is 14.2 Å². The van der Waals surface area contributed by atoms with Crippen LogP contribution in [-0.2, 0) is 14.8 Å². The van der Waals surface area contributed by atoms with Crippen molar-refractivity contribution < 1.29 is 14.2 Å². The number of methoxy groups -OCH3 is 1. The number of rotatable bonds is 8. The van der Waals surface area contributed by atoms with Crippen LogP contribution < -0.4 is 4.74 Å². The van der Waals surface area contributed by atoms with Crippen molar-refractivity contribution >= 4 is 31.9 Å².